The first kappa shape index (κ1) is 15.2. The Morgan fingerprint density at radius 1 is 1.19 bits per heavy atom. The summed E-state index contributed by atoms with van der Waals surface area (Å²) >= 11 is 0. The van der Waals surface area contributed by atoms with Crippen LogP contribution in [0.1, 0.15) is 5.56 Å². The summed E-state index contributed by atoms with van der Waals surface area (Å²) in [6.45, 7) is 2.02. The summed E-state index contributed by atoms with van der Waals surface area (Å²) in [6, 6.07) is 5.74. The Kier molecular flexibility index (Phi) is 5.45. The lowest BCUT2D eigenvalue weighted by Gasteiger charge is -2.11. The van der Waals surface area contributed by atoms with Gasteiger partial charge in [0.05, 0.1) is 39.3 Å². The van der Waals surface area contributed by atoms with Crippen LogP contribution >= 0.6 is 0 Å². The van der Waals surface area contributed by atoms with E-state index in [4.69, 9.17) is 14.2 Å². The summed E-state index contributed by atoms with van der Waals surface area (Å²) in [4.78, 5) is 0. The number of methoxy groups -OCH3 is 3. The van der Waals surface area contributed by atoms with Crippen LogP contribution in [-0.2, 0) is 17.8 Å². The summed E-state index contributed by atoms with van der Waals surface area (Å²) in [5.74, 6) is 1.64. The van der Waals surface area contributed by atoms with Crippen LogP contribution in [-0.4, -0.2) is 37.7 Å². The summed E-state index contributed by atoms with van der Waals surface area (Å²) in [7, 11) is 4.99. The predicted octanol–water partition coefficient (Wildman–Crippen LogP) is 2.16. The van der Waals surface area contributed by atoms with Gasteiger partial charge in [0.15, 0.2) is 0 Å². The van der Waals surface area contributed by atoms with Crippen molar-refractivity contribution in [1.29, 1.82) is 0 Å². The molecule has 0 bridgehead atoms. The smallest absolute Gasteiger partial charge is 0.124 e. The number of ether oxygens (including phenoxy) is 3. The van der Waals surface area contributed by atoms with Crippen molar-refractivity contribution in [3.05, 3.63) is 36.2 Å². The molecular weight excluding hydrogens is 270 g/mol. The molecule has 0 fully saturated rings. The molecule has 1 N–H and O–H groups in total. The van der Waals surface area contributed by atoms with E-state index < -0.39 is 0 Å². The maximum absolute atomic E-state index is 5.36. The van der Waals surface area contributed by atoms with Crippen molar-refractivity contribution in [2.75, 3.05) is 33.3 Å². The standard InChI is InChI=1S/C15H21N3O3/c1-19-7-6-18-11-13(10-17-18)16-9-12-8-14(20-2)4-5-15(12)21-3/h4-5,8,10-11,16H,6-7,9H2,1-3H3. The third kappa shape index (κ3) is 4.13. The first-order valence-corrected chi connectivity index (χ1v) is 6.73. The highest BCUT2D eigenvalue weighted by Crippen LogP contribution is 2.24. The van der Waals surface area contributed by atoms with E-state index in [1.165, 1.54) is 0 Å². The van der Waals surface area contributed by atoms with Crippen molar-refractivity contribution in [2.45, 2.75) is 13.1 Å². The molecule has 2 aromatic rings. The molecule has 2 rings (SSSR count). The first-order chi connectivity index (χ1) is 10.3. The number of anilines is 1. The minimum absolute atomic E-state index is 0.635. The van der Waals surface area contributed by atoms with Crippen molar-refractivity contribution in [1.82, 2.24) is 9.78 Å². The molecule has 0 spiro atoms. The van der Waals surface area contributed by atoms with Gasteiger partial charge >= 0.3 is 0 Å². The van der Waals surface area contributed by atoms with Crippen molar-refractivity contribution in [2.24, 2.45) is 0 Å². The monoisotopic (exact) mass is 291 g/mol. The van der Waals surface area contributed by atoms with Gasteiger partial charge in [0.25, 0.3) is 0 Å². The lowest BCUT2D eigenvalue weighted by molar-refractivity contribution is 0.183. The van der Waals surface area contributed by atoms with Gasteiger partial charge in [0.1, 0.15) is 11.5 Å². The topological polar surface area (TPSA) is 57.5 Å². The number of aromatic nitrogens is 2. The SMILES string of the molecule is COCCn1cc(NCc2cc(OC)ccc2OC)cn1. The van der Waals surface area contributed by atoms with Crippen molar-refractivity contribution in [3.63, 3.8) is 0 Å². The molecule has 0 saturated heterocycles. The number of hydrogen-bond acceptors (Lipinski definition) is 5. The molecule has 0 aliphatic heterocycles. The Morgan fingerprint density at radius 3 is 2.76 bits per heavy atom. The van der Waals surface area contributed by atoms with E-state index in [2.05, 4.69) is 10.4 Å². The fourth-order valence-corrected chi connectivity index (χ4v) is 1.98. The number of rotatable bonds is 8. The van der Waals surface area contributed by atoms with Gasteiger partial charge in [-0.25, -0.2) is 0 Å². The van der Waals surface area contributed by atoms with Crippen LogP contribution in [0, 0.1) is 0 Å². The summed E-state index contributed by atoms with van der Waals surface area (Å²) in [5.41, 5.74) is 1.98. The highest BCUT2D eigenvalue weighted by molar-refractivity contribution is 5.45. The van der Waals surface area contributed by atoms with Crippen LogP contribution in [0.5, 0.6) is 11.5 Å². The number of hydrogen-bond donors (Lipinski definition) is 1. The minimum atomic E-state index is 0.635. The Balaban J connectivity index is 2.00. The van der Waals surface area contributed by atoms with Crippen LogP contribution in [0.15, 0.2) is 30.6 Å². The zero-order valence-electron chi connectivity index (χ0n) is 12.6. The quantitative estimate of drug-likeness (QED) is 0.807. The molecule has 1 aromatic heterocycles. The Morgan fingerprint density at radius 2 is 2.05 bits per heavy atom. The van der Waals surface area contributed by atoms with Crippen LogP contribution in [0.4, 0.5) is 5.69 Å². The molecule has 0 radical (unpaired) electrons. The van der Waals surface area contributed by atoms with Crippen molar-refractivity contribution in [3.8, 4) is 11.5 Å². The molecule has 0 aliphatic carbocycles. The molecular formula is C15H21N3O3. The zero-order valence-corrected chi connectivity index (χ0v) is 12.6. The number of nitrogens with one attached hydrogen (secondary N) is 1. The lowest BCUT2D eigenvalue weighted by atomic mass is 10.2. The molecule has 0 saturated carbocycles. The maximum atomic E-state index is 5.36. The Labute approximate surface area is 124 Å². The highest BCUT2D eigenvalue weighted by atomic mass is 16.5. The molecule has 0 aliphatic rings. The second-order valence-corrected chi connectivity index (χ2v) is 4.52. The van der Waals surface area contributed by atoms with Crippen molar-refractivity contribution < 1.29 is 14.2 Å². The van der Waals surface area contributed by atoms with Crippen LogP contribution < -0.4 is 14.8 Å². The average molecular weight is 291 g/mol. The minimum Gasteiger partial charge on any atom is -0.497 e. The molecule has 6 heteroatoms. The fraction of sp³-hybridized carbons (Fsp3) is 0.400. The summed E-state index contributed by atoms with van der Waals surface area (Å²) in [5, 5.41) is 7.58. The second kappa shape index (κ2) is 7.54. The van der Waals surface area contributed by atoms with E-state index in [-0.39, 0.29) is 0 Å². The predicted molar refractivity (Wildman–Crippen MR) is 81.0 cm³/mol. The second-order valence-electron chi connectivity index (χ2n) is 4.52. The van der Waals surface area contributed by atoms with Gasteiger partial charge in [-0.05, 0) is 18.2 Å². The summed E-state index contributed by atoms with van der Waals surface area (Å²) in [6.07, 6.45) is 3.74. The third-order valence-corrected chi connectivity index (χ3v) is 3.13. The molecule has 0 atom stereocenters. The fourth-order valence-electron chi connectivity index (χ4n) is 1.98. The van der Waals surface area contributed by atoms with Crippen LogP contribution in [0.3, 0.4) is 0 Å². The zero-order chi connectivity index (χ0) is 15.1. The molecule has 0 amide bonds. The van der Waals surface area contributed by atoms with Gasteiger partial charge in [-0.1, -0.05) is 0 Å². The van der Waals surface area contributed by atoms with E-state index in [0.29, 0.717) is 13.2 Å². The number of benzene rings is 1. The normalized spacial score (nSPS) is 10.4. The molecule has 1 heterocycles. The average Bonchev–Trinajstić information content (AvgIpc) is 2.98. The molecule has 21 heavy (non-hydrogen) atoms. The van der Waals surface area contributed by atoms with Gasteiger partial charge in [-0.15, -0.1) is 0 Å². The Bertz CT molecular complexity index is 569. The molecule has 6 nitrogen and oxygen atoms in total. The third-order valence-electron chi connectivity index (χ3n) is 3.13. The molecule has 114 valence electrons. The highest BCUT2D eigenvalue weighted by Gasteiger charge is 2.06. The Hall–Kier alpha value is -2.21. The van der Waals surface area contributed by atoms with E-state index in [0.717, 1.165) is 29.3 Å². The largest absolute Gasteiger partial charge is 0.497 e. The first-order valence-electron chi connectivity index (χ1n) is 6.73. The van der Waals surface area contributed by atoms with Gasteiger partial charge in [0, 0.05) is 25.4 Å². The van der Waals surface area contributed by atoms with Gasteiger partial charge in [-0.2, -0.15) is 5.10 Å². The van der Waals surface area contributed by atoms with Crippen LogP contribution in [0.25, 0.3) is 0 Å². The lowest BCUT2D eigenvalue weighted by Crippen LogP contribution is -2.04. The van der Waals surface area contributed by atoms with Crippen LogP contribution in [0.2, 0.25) is 0 Å². The van der Waals surface area contributed by atoms with E-state index in [1.807, 2.05) is 29.1 Å². The molecule has 0 unspecified atom stereocenters. The van der Waals surface area contributed by atoms with E-state index >= 15 is 0 Å². The molecule has 1 aromatic carbocycles. The van der Waals surface area contributed by atoms with Gasteiger partial charge < -0.3 is 19.5 Å². The van der Waals surface area contributed by atoms with Gasteiger partial charge in [-0.3, -0.25) is 4.68 Å². The summed E-state index contributed by atoms with van der Waals surface area (Å²) < 4.78 is 17.5. The van der Waals surface area contributed by atoms with Crippen molar-refractivity contribution >= 4 is 5.69 Å². The van der Waals surface area contributed by atoms with E-state index in [9.17, 15) is 0 Å². The van der Waals surface area contributed by atoms with E-state index in [1.54, 1.807) is 27.5 Å². The van der Waals surface area contributed by atoms with Gasteiger partial charge in [0.2, 0.25) is 0 Å². The maximum Gasteiger partial charge on any atom is 0.124 e. The number of nitrogens with zero attached hydrogens (tertiary/aromatic N) is 2.